The number of benzene rings is 2. The van der Waals surface area contributed by atoms with Crippen molar-refractivity contribution in [3.05, 3.63) is 77.1 Å². The van der Waals surface area contributed by atoms with Gasteiger partial charge in [0, 0.05) is 27.1 Å². The second-order valence-electron chi connectivity index (χ2n) is 4.87. The van der Waals surface area contributed by atoms with Crippen LogP contribution in [0.5, 0.6) is 0 Å². The summed E-state index contributed by atoms with van der Waals surface area (Å²) in [6, 6.07) is 17.1. The average Bonchev–Trinajstić information content (AvgIpc) is 2.96. The standard InChI is InChI=1S/C17H14ClNO2S/c18-15-8-4-7-14(9-15)17-19-16(10-21-17)12-22(20)11-13-5-2-1-3-6-13/h1-10H,11-12H2/t22-/m1/s1. The fourth-order valence-corrected chi connectivity index (χ4v) is 3.42. The predicted octanol–water partition coefficient (Wildman–Crippen LogP) is 4.44. The molecule has 0 amide bonds. The van der Waals surface area contributed by atoms with Crippen LogP contribution in [0.3, 0.4) is 0 Å². The van der Waals surface area contributed by atoms with E-state index in [1.54, 1.807) is 18.4 Å². The fourth-order valence-electron chi connectivity index (χ4n) is 2.10. The molecule has 22 heavy (non-hydrogen) atoms. The molecule has 112 valence electrons. The molecule has 0 N–H and O–H groups in total. The third kappa shape index (κ3) is 3.84. The van der Waals surface area contributed by atoms with Crippen LogP contribution in [0, 0.1) is 0 Å². The lowest BCUT2D eigenvalue weighted by atomic mass is 10.2. The summed E-state index contributed by atoms with van der Waals surface area (Å²) in [7, 11) is -1.02. The molecule has 1 heterocycles. The predicted molar refractivity (Wildman–Crippen MR) is 88.9 cm³/mol. The Bertz CT molecular complexity index is 786. The van der Waals surface area contributed by atoms with Gasteiger partial charge in [-0.1, -0.05) is 48.0 Å². The topological polar surface area (TPSA) is 43.1 Å². The molecular formula is C17H14ClNO2S. The van der Waals surface area contributed by atoms with E-state index in [2.05, 4.69) is 4.98 Å². The van der Waals surface area contributed by atoms with Gasteiger partial charge < -0.3 is 4.42 Å². The summed E-state index contributed by atoms with van der Waals surface area (Å²) in [6.07, 6.45) is 1.55. The summed E-state index contributed by atoms with van der Waals surface area (Å²) in [5.74, 6) is 1.38. The van der Waals surface area contributed by atoms with Crippen molar-refractivity contribution in [2.24, 2.45) is 0 Å². The Morgan fingerprint density at radius 1 is 1.05 bits per heavy atom. The first-order valence-corrected chi connectivity index (χ1v) is 8.66. The van der Waals surface area contributed by atoms with Crippen LogP contribution in [-0.4, -0.2) is 9.19 Å². The van der Waals surface area contributed by atoms with Crippen LogP contribution < -0.4 is 0 Å². The molecule has 3 nitrogen and oxygen atoms in total. The molecule has 0 unspecified atom stereocenters. The summed E-state index contributed by atoms with van der Waals surface area (Å²) in [5, 5.41) is 0.630. The van der Waals surface area contributed by atoms with Gasteiger partial charge in [0.1, 0.15) is 6.26 Å². The Kier molecular flexibility index (Phi) is 4.71. The first-order chi connectivity index (χ1) is 10.7. The minimum Gasteiger partial charge on any atom is -0.444 e. The van der Waals surface area contributed by atoms with Crippen molar-refractivity contribution in [1.29, 1.82) is 0 Å². The zero-order chi connectivity index (χ0) is 15.4. The minimum atomic E-state index is -1.02. The minimum absolute atomic E-state index is 0.374. The molecule has 0 radical (unpaired) electrons. The summed E-state index contributed by atoms with van der Waals surface area (Å²) in [4.78, 5) is 4.38. The normalized spacial score (nSPS) is 12.2. The molecule has 0 aliphatic rings. The third-order valence-electron chi connectivity index (χ3n) is 3.10. The summed E-state index contributed by atoms with van der Waals surface area (Å²) in [5.41, 5.74) is 2.55. The SMILES string of the molecule is O=[S@](Cc1ccccc1)Cc1coc(-c2cccc(Cl)c2)n1. The second kappa shape index (κ2) is 6.90. The summed E-state index contributed by atoms with van der Waals surface area (Å²) >= 11 is 5.96. The highest BCUT2D eigenvalue weighted by atomic mass is 35.5. The molecule has 0 fully saturated rings. The van der Waals surface area contributed by atoms with Gasteiger partial charge in [-0.3, -0.25) is 4.21 Å². The lowest BCUT2D eigenvalue weighted by molar-refractivity contribution is 0.573. The van der Waals surface area contributed by atoms with Crippen LogP contribution in [0.4, 0.5) is 0 Å². The van der Waals surface area contributed by atoms with E-state index in [4.69, 9.17) is 16.0 Å². The molecule has 0 bridgehead atoms. The molecular weight excluding hydrogens is 318 g/mol. The number of hydrogen-bond donors (Lipinski definition) is 0. The molecule has 0 aliphatic carbocycles. The van der Waals surface area contributed by atoms with Gasteiger partial charge in [0.05, 0.1) is 11.4 Å². The van der Waals surface area contributed by atoms with E-state index < -0.39 is 10.8 Å². The van der Waals surface area contributed by atoms with Crippen LogP contribution in [0.2, 0.25) is 5.02 Å². The largest absolute Gasteiger partial charge is 0.444 e. The molecule has 3 aromatic rings. The van der Waals surface area contributed by atoms with E-state index in [-0.39, 0.29) is 0 Å². The number of halogens is 1. The molecule has 5 heteroatoms. The summed E-state index contributed by atoms with van der Waals surface area (Å²) in [6.45, 7) is 0. The smallest absolute Gasteiger partial charge is 0.226 e. The first kappa shape index (κ1) is 15.0. The monoisotopic (exact) mass is 331 g/mol. The quantitative estimate of drug-likeness (QED) is 0.694. The van der Waals surface area contributed by atoms with Crippen LogP contribution in [-0.2, 0) is 22.3 Å². The van der Waals surface area contributed by atoms with Crippen molar-refractivity contribution < 1.29 is 8.63 Å². The highest BCUT2D eigenvalue weighted by molar-refractivity contribution is 7.83. The van der Waals surface area contributed by atoms with Crippen LogP contribution in [0.1, 0.15) is 11.3 Å². The summed E-state index contributed by atoms with van der Waals surface area (Å²) < 4.78 is 17.6. The van der Waals surface area contributed by atoms with Crippen molar-refractivity contribution in [2.75, 3.05) is 0 Å². The number of oxazole rings is 1. The molecule has 0 spiro atoms. The zero-order valence-corrected chi connectivity index (χ0v) is 13.3. The van der Waals surface area contributed by atoms with Crippen molar-refractivity contribution in [1.82, 2.24) is 4.98 Å². The third-order valence-corrected chi connectivity index (χ3v) is 4.61. The average molecular weight is 332 g/mol. The van der Waals surface area contributed by atoms with Gasteiger partial charge in [-0.25, -0.2) is 4.98 Å². The fraction of sp³-hybridized carbons (Fsp3) is 0.118. The van der Waals surface area contributed by atoms with Gasteiger partial charge in [-0.15, -0.1) is 0 Å². The lowest BCUT2D eigenvalue weighted by Crippen LogP contribution is -1.99. The second-order valence-corrected chi connectivity index (χ2v) is 6.76. The van der Waals surface area contributed by atoms with Crippen LogP contribution in [0.15, 0.2) is 65.3 Å². The molecule has 3 rings (SSSR count). The van der Waals surface area contributed by atoms with E-state index in [0.717, 1.165) is 11.1 Å². The highest BCUT2D eigenvalue weighted by Crippen LogP contribution is 2.22. The Labute approximate surface area is 136 Å². The van der Waals surface area contributed by atoms with E-state index in [0.29, 0.717) is 28.1 Å². The van der Waals surface area contributed by atoms with Gasteiger partial charge in [-0.05, 0) is 23.8 Å². The molecule has 0 aliphatic heterocycles. The number of aromatic nitrogens is 1. The molecule has 0 saturated heterocycles. The Morgan fingerprint density at radius 3 is 2.64 bits per heavy atom. The van der Waals surface area contributed by atoms with Gasteiger partial charge in [0.15, 0.2) is 0 Å². The first-order valence-electron chi connectivity index (χ1n) is 6.80. The van der Waals surface area contributed by atoms with Crippen molar-refractivity contribution in [2.45, 2.75) is 11.5 Å². The zero-order valence-electron chi connectivity index (χ0n) is 11.7. The number of rotatable bonds is 5. The van der Waals surface area contributed by atoms with E-state index in [9.17, 15) is 4.21 Å². The van der Waals surface area contributed by atoms with Crippen molar-refractivity contribution >= 4 is 22.4 Å². The van der Waals surface area contributed by atoms with Gasteiger partial charge >= 0.3 is 0 Å². The maximum Gasteiger partial charge on any atom is 0.226 e. The maximum atomic E-state index is 12.2. The van der Waals surface area contributed by atoms with Gasteiger partial charge in [-0.2, -0.15) is 0 Å². The Balaban J connectivity index is 1.68. The number of nitrogens with zero attached hydrogens (tertiary/aromatic N) is 1. The van der Waals surface area contributed by atoms with Crippen LogP contribution >= 0.6 is 11.6 Å². The van der Waals surface area contributed by atoms with E-state index in [1.165, 1.54) is 0 Å². The molecule has 1 atom stereocenters. The molecule has 0 saturated carbocycles. The van der Waals surface area contributed by atoms with Crippen molar-refractivity contribution in [3.8, 4) is 11.5 Å². The van der Waals surface area contributed by atoms with E-state index in [1.807, 2.05) is 42.5 Å². The van der Waals surface area contributed by atoms with Gasteiger partial charge in [0.25, 0.3) is 0 Å². The van der Waals surface area contributed by atoms with E-state index >= 15 is 0 Å². The Morgan fingerprint density at radius 2 is 1.86 bits per heavy atom. The number of hydrogen-bond acceptors (Lipinski definition) is 3. The van der Waals surface area contributed by atoms with Gasteiger partial charge in [0.2, 0.25) is 5.89 Å². The Hall–Kier alpha value is -1.91. The maximum absolute atomic E-state index is 12.2. The van der Waals surface area contributed by atoms with Crippen molar-refractivity contribution in [3.63, 3.8) is 0 Å². The molecule has 1 aromatic heterocycles. The molecule has 2 aromatic carbocycles. The van der Waals surface area contributed by atoms with Crippen LogP contribution in [0.25, 0.3) is 11.5 Å². The lowest BCUT2D eigenvalue weighted by Gasteiger charge is -2.00. The highest BCUT2D eigenvalue weighted by Gasteiger charge is 2.10.